The third-order valence-corrected chi connectivity index (χ3v) is 11.1. The predicted molar refractivity (Wildman–Crippen MR) is 167 cm³/mol. The van der Waals surface area contributed by atoms with Gasteiger partial charge in [-0.2, -0.15) is 4.31 Å². The van der Waals surface area contributed by atoms with Crippen LogP contribution >= 0.6 is 22.9 Å². The standard InChI is InChI=1S/C31H36ClN5O2S2/c1-2-3-17-35(41(38,39)31-26(32)20-30-36(31)18-19-40-30)23-29-33-27-13-7-8-14-28(27)37(29)22-25-12-6-5-11-24(25)21-34-15-9-4-10-16-34/h5-8,11-14,18-20H,2-4,9-10,15-17,21-23H2,1H3. The molecule has 0 N–H and O–H groups in total. The van der Waals surface area contributed by atoms with Crippen LogP contribution in [0.1, 0.15) is 56.0 Å². The van der Waals surface area contributed by atoms with Crippen molar-refractivity contribution in [1.29, 1.82) is 0 Å². The minimum atomic E-state index is -3.90. The maximum Gasteiger partial charge on any atom is 0.261 e. The quantitative estimate of drug-likeness (QED) is 0.161. The van der Waals surface area contributed by atoms with E-state index in [2.05, 4.69) is 46.7 Å². The molecule has 0 bridgehead atoms. The van der Waals surface area contributed by atoms with Gasteiger partial charge in [0.25, 0.3) is 10.0 Å². The van der Waals surface area contributed by atoms with Crippen LogP contribution in [-0.2, 0) is 29.7 Å². The molecule has 0 spiro atoms. The van der Waals surface area contributed by atoms with Crippen LogP contribution in [0.3, 0.4) is 0 Å². The molecule has 4 heterocycles. The van der Waals surface area contributed by atoms with Gasteiger partial charge in [-0.25, -0.2) is 13.4 Å². The summed E-state index contributed by atoms with van der Waals surface area (Å²) < 4.78 is 33.8. The Hall–Kier alpha value is -2.69. The first-order valence-electron chi connectivity index (χ1n) is 14.4. The van der Waals surface area contributed by atoms with Crippen LogP contribution in [-0.4, -0.2) is 51.2 Å². The average molecular weight is 610 g/mol. The van der Waals surface area contributed by atoms with Crippen molar-refractivity contribution in [2.75, 3.05) is 19.6 Å². The number of halogens is 1. The molecule has 6 rings (SSSR count). The van der Waals surface area contributed by atoms with Crippen molar-refractivity contribution in [3.63, 3.8) is 0 Å². The Morgan fingerprint density at radius 1 is 1.00 bits per heavy atom. The summed E-state index contributed by atoms with van der Waals surface area (Å²) in [5, 5.41) is 2.25. The molecule has 41 heavy (non-hydrogen) atoms. The zero-order valence-corrected chi connectivity index (χ0v) is 25.8. The van der Waals surface area contributed by atoms with Crippen LogP contribution < -0.4 is 0 Å². The summed E-state index contributed by atoms with van der Waals surface area (Å²) in [7, 11) is -3.90. The highest BCUT2D eigenvalue weighted by molar-refractivity contribution is 7.89. The number of hydrogen-bond donors (Lipinski definition) is 0. The molecule has 0 aliphatic carbocycles. The summed E-state index contributed by atoms with van der Waals surface area (Å²) in [6.45, 7) is 6.46. The van der Waals surface area contributed by atoms with E-state index in [9.17, 15) is 8.42 Å². The molecule has 1 fully saturated rings. The molecule has 0 unspecified atom stereocenters. The fraction of sp³-hybridized carbons (Fsp3) is 0.387. The van der Waals surface area contributed by atoms with Crippen LogP contribution in [0.5, 0.6) is 0 Å². The molecule has 7 nitrogen and oxygen atoms in total. The van der Waals surface area contributed by atoms with Gasteiger partial charge in [0.1, 0.15) is 10.7 Å². The lowest BCUT2D eigenvalue weighted by atomic mass is 10.0. The summed E-state index contributed by atoms with van der Waals surface area (Å²) in [6, 6.07) is 18.4. The van der Waals surface area contributed by atoms with Crippen LogP contribution in [0.4, 0.5) is 0 Å². The Balaban J connectivity index is 1.38. The first-order chi connectivity index (χ1) is 20.0. The van der Waals surface area contributed by atoms with Gasteiger partial charge in [-0.15, -0.1) is 11.3 Å². The van der Waals surface area contributed by atoms with E-state index in [0.29, 0.717) is 13.1 Å². The lowest BCUT2D eigenvalue weighted by Gasteiger charge is -2.27. The van der Waals surface area contributed by atoms with Crippen LogP contribution in [0.25, 0.3) is 15.9 Å². The van der Waals surface area contributed by atoms with Gasteiger partial charge in [-0.3, -0.25) is 9.30 Å². The second-order valence-corrected chi connectivity index (χ2v) is 14.0. The van der Waals surface area contributed by atoms with Gasteiger partial charge in [0.15, 0.2) is 5.03 Å². The Kier molecular flexibility index (Phi) is 8.51. The van der Waals surface area contributed by atoms with Gasteiger partial charge in [0.2, 0.25) is 0 Å². The van der Waals surface area contributed by atoms with E-state index < -0.39 is 10.0 Å². The van der Waals surface area contributed by atoms with E-state index in [1.165, 1.54) is 41.7 Å². The second-order valence-electron chi connectivity index (χ2n) is 10.8. The number of thiazole rings is 1. The van der Waals surface area contributed by atoms with Crippen molar-refractivity contribution < 1.29 is 8.42 Å². The summed E-state index contributed by atoms with van der Waals surface area (Å²) in [6.07, 6.45) is 7.21. The van der Waals surface area contributed by atoms with Crippen molar-refractivity contribution in [3.8, 4) is 0 Å². The number of imidazole rings is 1. The van der Waals surface area contributed by atoms with Crippen LogP contribution in [0, 0.1) is 0 Å². The zero-order valence-electron chi connectivity index (χ0n) is 23.4. The molecular weight excluding hydrogens is 574 g/mol. The highest BCUT2D eigenvalue weighted by Crippen LogP contribution is 2.32. The van der Waals surface area contributed by atoms with Gasteiger partial charge >= 0.3 is 0 Å². The number of fused-ring (bicyclic) bond motifs is 2. The molecule has 1 saturated heterocycles. The smallest absolute Gasteiger partial charge is 0.261 e. The van der Waals surface area contributed by atoms with Crippen LogP contribution in [0.15, 0.2) is 71.2 Å². The van der Waals surface area contributed by atoms with Gasteiger partial charge in [-0.1, -0.05) is 67.8 Å². The number of unbranched alkanes of at least 4 members (excludes halogenated alkanes) is 1. The molecule has 1 aliphatic rings. The number of hydrogen-bond acceptors (Lipinski definition) is 5. The Bertz CT molecular complexity index is 1750. The first kappa shape index (κ1) is 28.4. The Morgan fingerprint density at radius 3 is 2.51 bits per heavy atom. The van der Waals surface area contributed by atoms with Gasteiger partial charge in [-0.05, 0) is 61.7 Å². The number of nitrogens with zero attached hydrogens (tertiary/aromatic N) is 5. The van der Waals surface area contributed by atoms with E-state index in [-0.39, 0.29) is 16.6 Å². The van der Waals surface area contributed by atoms with E-state index in [4.69, 9.17) is 16.6 Å². The van der Waals surface area contributed by atoms with Crippen molar-refractivity contribution in [1.82, 2.24) is 23.2 Å². The topological polar surface area (TPSA) is 62.9 Å². The molecule has 216 valence electrons. The zero-order chi connectivity index (χ0) is 28.4. The number of rotatable bonds is 11. The monoisotopic (exact) mass is 609 g/mol. The Labute approximate surface area is 251 Å². The number of para-hydroxylation sites is 2. The normalized spacial score (nSPS) is 15.0. The molecule has 0 radical (unpaired) electrons. The lowest BCUT2D eigenvalue weighted by Crippen LogP contribution is -2.33. The molecule has 0 atom stereocenters. The van der Waals surface area contributed by atoms with Crippen molar-refractivity contribution in [3.05, 3.63) is 88.1 Å². The molecule has 1 aliphatic heterocycles. The van der Waals surface area contributed by atoms with Crippen molar-refractivity contribution in [2.24, 2.45) is 0 Å². The summed E-state index contributed by atoms with van der Waals surface area (Å²) in [5.74, 6) is 0.730. The average Bonchev–Trinajstić information content (AvgIpc) is 3.65. The Morgan fingerprint density at radius 2 is 1.73 bits per heavy atom. The fourth-order valence-corrected chi connectivity index (χ4v) is 8.81. The number of piperidine rings is 1. The number of aromatic nitrogens is 3. The number of benzene rings is 2. The number of likely N-dealkylation sites (tertiary alicyclic amines) is 1. The lowest BCUT2D eigenvalue weighted by molar-refractivity contribution is 0.220. The maximum atomic E-state index is 14.2. The SMILES string of the molecule is CCCCN(Cc1nc2ccccc2n1Cc1ccccc1CN1CCCCC1)S(=O)(=O)c1c(Cl)cc2sccn12. The van der Waals surface area contributed by atoms with E-state index >= 15 is 0 Å². The highest BCUT2D eigenvalue weighted by atomic mass is 35.5. The molecule has 0 saturated carbocycles. The number of sulfonamides is 1. The van der Waals surface area contributed by atoms with Gasteiger partial charge in [0, 0.05) is 31.2 Å². The molecule has 0 amide bonds. The first-order valence-corrected chi connectivity index (χ1v) is 17.1. The predicted octanol–water partition coefficient (Wildman–Crippen LogP) is 7.03. The molecule has 2 aromatic carbocycles. The van der Waals surface area contributed by atoms with Crippen LogP contribution in [0.2, 0.25) is 5.02 Å². The van der Waals surface area contributed by atoms with Gasteiger partial charge in [0.05, 0.1) is 22.6 Å². The highest BCUT2D eigenvalue weighted by Gasteiger charge is 2.32. The fourth-order valence-electron chi connectivity index (χ4n) is 5.81. The van der Waals surface area contributed by atoms with Gasteiger partial charge < -0.3 is 4.57 Å². The van der Waals surface area contributed by atoms with E-state index in [1.807, 2.05) is 23.6 Å². The van der Waals surface area contributed by atoms with Crippen molar-refractivity contribution >= 4 is 48.8 Å². The van der Waals surface area contributed by atoms with E-state index in [0.717, 1.165) is 54.2 Å². The third kappa shape index (κ3) is 5.83. The largest absolute Gasteiger partial charge is 0.322 e. The molecular formula is C31H36ClN5O2S2. The second kappa shape index (κ2) is 12.3. The summed E-state index contributed by atoms with van der Waals surface area (Å²) in [4.78, 5) is 8.33. The molecule has 5 aromatic rings. The summed E-state index contributed by atoms with van der Waals surface area (Å²) in [5.41, 5.74) is 4.42. The minimum Gasteiger partial charge on any atom is -0.322 e. The molecule has 10 heteroatoms. The maximum absolute atomic E-state index is 14.2. The van der Waals surface area contributed by atoms with Crippen molar-refractivity contribution in [2.45, 2.75) is 63.7 Å². The molecule has 3 aromatic heterocycles. The van der Waals surface area contributed by atoms with E-state index in [1.54, 1.807) is 21.0 Å². The third-order valence-electron chi connectivity index (χ3n) is 8.00. The summed E-state index contributed by atoms with van der Waals surface area (Å²) >= 11 is 8.00. The minimum absolute atomic E-state index is 0.126.